The second kappa shape index (κ2) is 5.57. The van der Waals surface area contributed by atoms with E-state index < -0.39 is 11.9 Å². The average Bonchev–Trinajstić information content (AvgIpc) is 2.37. The predicted octanol–water partition coefficient (Wildman–Crippen LogP) is 1.97. The molecular weight excluding hydrogens is 240 g/mol. The normalized spacial score (nSPS) is 12.1. The number of phenolic OH excluding ortho intramolecular Hbond substituents is 1. The number of hydrogen-bond acceptors (Lipinski definition) is 3. The van der Waals surface area contributed by atoms with Crippen LogP contribution in [0.3, 0.4) is 0 Å². The molecule has 1 N–H and O–H groups in total. The van der Waals surface area contributed by atoms with E-state index in [1.165, 1.54) is 0 Å². The van der Waals surface area contributed by atoms with Gasteiger partial charge >= 0.3 is 0 Å². The van der Waals surface area contributed by atoms with Crippen molar-refractivity contribution in [3.8, 4) is 5.75 Å². The van der Waals surface area contributed by atoms with Gasteiger partial charge in [-0.1, -0.05) is 42.5 Å². The van der Waals surface area contributed by atoms with Gasteiger partial charge in [0.1, 0.15) is 5.75 Å². The molecule has 0 aliphatic heterocycles. The quantitative estimate of drug-likeness (QED) is 0.908. The number of benzene rings is 2. The minimum absolute atomic E-state index is 0.120. The van der Waals surface area contributed by atoms with Crippen molar-refractivity contribution in [3.05, 3.63) is 65.2 Å². The number of aliphatic carboxylic acids is 1. The first kappa shape index (κ1) is 13.1. The molecule has 0 aliphatic carbocycles. The maximum atomic E-state index is 10.9. The highest BCUT2D eigenvalue weighted by molar-refractivity contribution is 5.67. The number of hydrogen-bond donors (Lipinski definition) is 1. The van der Waals surface area contributed by atoms with E-state index in [1.807, 2.05) is 43.3 Å². The third kappa shape index (κ3) is 3.13. The van der Waals surface area contributed by atoms with Crippen LogP contribution in [-0.2, 0) is 4.79 Å². The van der Waals surface area contributed by atoms with Crippen LogP contribution in [-0.4, -0.2) is 11.1 Å². The lowest BCUT2D eigenvalue weighted by atomic mass is 9.87. The summed E-state index contributed by atoms with van der Waals surface area (Å²) in [5, 5.41) is 21.0. The predicted molar refractivity (Wildman–Crippen MR) is 70.8 cm³/mol. The maximum Gasteiger partial charge on any atom is 0.119 e. The van der Waals surface area contributed by atoms with E-state index in [0.717, 1.165) is 11.1 Å². The molecule has 0 fully saturated rings. The molecule has 0 spiro atoms. The lowest BCUT2D eigenvalue weighted by Gasteiger charge is -2.20. The molecular formula is C16H15O3-. The topological polar surface area (TPSA) is 60.4 Å². The molecule has 3 nitrogen and oxygen atoms in total. The molecule has 3 heteroatoms. The van der Waals surface area contributed by atoms with Gasteiger partial charge in [0.15, 0.2) is 0 Å². The molecule has 0 saturated carbocycles. The molecule has 98 valence electrons. The number of aryl methyl sites for hydroxylation is 1. The molecule has 2 aromatic rings. The highest BCUT2D eigenvalue weighted by atomic mass is 16.4. The van der Waals surface area contributed by atoms with Crippen molar-refractivity contribution in [2.75, 3.05) is 0 Å². The van der Waals surface area contributed by atoms with Gasteiger partial charge in [-0.05, 0) is 30.5 Å². The Hall–Kier alpha value is -2.29. The molecule has 0 bridgehead atoms. The SMILES string of the molecule is Cc1ccc([C@@H](CC(=O)[O-])c2ccccc2)c(O)c1. The van der Waals surface area contributed by atoms with Crippen LogP contribution in [0.4, 0.5) is 0 Å². The Morgan fingerprint density at radius 1 is 1.21 bits per heavy atom. The zero-order chi connectivity index (χ0) is 13.8. The van der Waals surface area contributed by atoms with E-state index in [4.69, 9.17) is 0 Å². The Balaban J connectivity index is 2.46. The molecule has 1 atom stereocenters. The van der Waals surface area contributed by atoms with Crippen molar-refractivity contribution in [2.45, 2.75) is 19.3 Å². The molecule has 19 heavy (non-hydrogen) atoms. The Morgan fingerprint density at radius 2 is 1.89 bits per heavy atom. The summed E-state index contributed by atoms with van der Waals surface area (Å²) in [5.41, 5.74) is 2.40. The van der Waals surface area contributed by atoms with Crippen LogP contribution < -0.4 is 5.11 Å². The maximum absolute atomic E-state index is 10.9. The number of rotatable bonds is 4. The van der Waals surface area contributed by atoms with Gasteiger partial charge in [-0.15, -0.1) is 0 Å². The highest BCUT2D eigenvalue weighted by Gasteiger charge is 2.17. The first-order chi connectivity index (χ1) is 9.08. The monoisotopic (exact) mass is 255 g/mol. The van der Waals surface area contributed by atoms with Gasteiger partial charge in [-0.3, -0.25) is 0 Å². The van der Waals surface area contributed by atoms with E-state index in [2.05, 4.69) is 0 Å². The van der Waals surface area contributed by atoms with Gasteiger partial charge in [0.25, 0.3) is 0 Å². The fourth-order valence-corrected chi connectivity index (χ4v) is 2.21. The highest BCUT2D eigenvalue weighted by Crippen LogP contribution is 2.34. The minimum atomic E-state index is -1.13. The molecule has 0 aromatic heterocycles. The third-order valence-electron chi connectivity index (χ3n) is 3.13. The van der Waals surface area contributed by atoms with Gasteiger partial charge in [0, 0.05) is 17.5 Å². The van der Waals surface area contributed by atoms with Gasteiger partial charge in [0.2, 0.25) is 0 Å². The van der Waals surface area contributed by atoms with Crippen LogP contribution in [0.15, 0.2) is 48.5 Å². The second-order valence-electron chi connectivity index (χ2n) is 4.60. The van der Waals surface area contributed by atoms with Crippen molar-refractivity contribution >= 4 is 5.97 Å². The molecule has 0 radical (unpaired) electrons. The zero-order valence-electron chi connectivity index (χ0n) is 10.7. The summed E-state index contributed by atoms with van der Waals surface area (Å²) >= 11 is 0. The molecule has 2 rings (SSSR count). The van der Waals surface area contributed by atoms with E-state index in [0.29, 0.717) is 5.56 Å². The molecule has 0 heterocycles. The van der Waals surface area contributed by atoms with Crippen molar-refractivity contribution in [3.63, 3.8) is 0 Å². The molecule has 0 unspecified atom stereocenters. The smallest absolute Gasteiger partial charge is 0.119 e. The van der Waals surface area contributed by atoms with E-state index >= 15 is 0 Å². The molecule has 0 aliphatic rings. The van der Waals surface area contributed by atoms with Crippen LogP contribution in [0.2, 0.25) is 0 Å². The largest absolute Gasteiger partial charge is 0.550 e. The number of carboxylic acids is 1. The first-order valence-electron chi connectivity index (χ1n) is 6.12. The summed E-state index contributed by atoms with van der Waals surface area (Å²) in [5.74, 6) is -1.41. The van der Waals surface area contributed by atoms with Crippen molar-refractivity contribution in [2.24, 2.45) is 0 Å². The summed E-state index contributed by atoms with van der Waals surface area (Å²) in [4.78, 5) is 10.9. The standard InChI is InChI=1S/C16H16O3/c1-11-7-8-13(15(17)9-11)14(10-16(18)19)12-5-3-2-4-6-12/h2-9,14,17H,10H2,1H3,(H,18,19)/p-1/t14-/m0/s1. The number of carbonyl (C=O) groups is 1. The number of carboxylic acid groups (broad SMARTS) is 1. The van der Waals surface area contributed by atoms with Gasteiger partial charge in [0.05, 0.1) is 0 Å². The fraction of sp³-hybridized carbons (Fsp3) is 0.188. The van der Waals surface area contributed by atoms with E-state index in [1.54, 1.807) is 12.1 Å². The summed E-state index contributed by atoms with van der Waals surface area (Å²) in [6.45, 7) is 1.87. The average molecular weight is 255 g/mol. The first-order valence-corrected chi connectivity index (χ1v) is 6.12. The van der Waals surface area contributed by atoms with Crippen LogP contribution in [0, 0.1) is 6.92 Å². The third-order valence-corrected chi connectivity index (χ3v) is 3.13. The van der Waals surface area contributed by atoms with Crippen molar-refractivity contribution in [1.82, 2.24) is 0 Å². The van der Waals surface area contributed by atoms with Gasteiger partial charge in [-0.25, -0.2) is 0 Å². The minimum Gasteiger partial charge on any atom is -0.550 e. The Labute approximate surface area is 112 Å². The fourth-order valence-electron chi connectivity index (χ4n) is 2.21. The second-order valence-corrected chi connectivity index (χ2v) is 4.60. The van der Waals surface area contributed by atoms with Crippen LogP contribution in [0.1, 0.15) is 29.0 Å². The molecule has 0 amide bonds. The molecule has 0 saturated heterocycles. The number of aromatic hydroxyl groups is 1. The zero-order valence-corrected chi connectivity index (χ0v) is 10.7. The van der Waals surface area contributed by atoms with E-state index in [9.17, 15) is 15.0 Å². The molecule has 2 aromatic carbocycles. The summed E-state index contributed by atoms with van der Waals surface area (Å²) in [6.07, 6.45) is -0.152. The lowest BCUT2D eigenvalue weighted by Crippen LogP contribution is -2.25. The van der Waals surface area contributed by atoms with Crippen molar-refractivity contribution < 1.29 is 15.0 Å². The summed E-state index contributed by atoms with van der Waals surface area (Å²) in [7, 11) is 0. The number of phenols is 1. The lowest BCUT2D eigenvalue weighted by molar-refractivity contribution is -0.305. The van der Waals surface area contributed by atoms with Crippen LogP contribution in [0.5, 0.6) is 5.75 Å². The Morgan fingerprint density at radius 3 is 2.47 bits per heavy atom. The van der Waals surface area contributed by atoms with Crippen LogP contribution in [0.25, 0.3) is 0 Å². The number of carbonyl (C=O) groups excluding carboxylic acids is 1. The summed E-state index contributed by atoms with van der Waals surface area (Å²) < 4.78 is 0. The van der Waals surface area contributed by atoms with E-state index in [-0.39, 0.29) is 12.2 Å². The van der Waals surface area contributed by atoms with Crippen LogP contribution >= 0.6 is 0 Å². The Bertz CT molecular complexity index is 576. The summed E-state index contributed by atoms with van der Waals surface area (Å²) in [6, 6.07) is 14.5. The Kier molecular flexibility index (Phi) is 3.85. The van der Waals surface area contributed by atoms with Gasteiger partial charge < -0.3 is 15.0 Å². The van der Waals surface area contributed by atoms with Gasteiger partial charge in [-0.2, -0.15) is 0 Å². The van der Waals surface area contributed by atoms with Crippen molar-refractivity contribution in [1.29, 1.82) is 0 Å².